The number of rotatable bonds is 5. The molecule has 2 amide bonds. The zero-order chi connectivity index (χ0) is 21.4. The van der Waals surface area contributed by atoms with E-state index >= 15 is 0 Å². The van der Waals surface area contributed by atoms with Crippen molar-refractivity contribution in [3.63, 3.8) is 0 Å². The van der Waals surface area contributed by atoms with Gasteiger partial charge in [0, 0.05) is 18.2 Å². The molecule has 6 heteroatoms. The van der Waals surface area contributed by atoms with Gasteiger partial charge in [0.15, 0.2) is 5.17 Å². The number of hydrogen-bond acceptors (Lipinski definition) is 4. The van der Waals surface area contributed by atoms with Gasteiger partial charge < -0.3 is 5.32 Å². The van der Waals surface area contributed by atoms with Gasteiger partial charge in [0.25, 0.3) is 0 Å². The smallest absolute Gasteiger partial charge is 0.242 e. The summed E-state index contributed by atoms with van der Waals surface area (Å²) in [6.45, 7) is 8.06. The molecule has 156 valence electrons. The van der Waals surface area contributed by atoms with Gasteiger partial charge in [-0.2, -0.15) is 0 Å². The molecule has 1 saturated carbocycles. The van der Waals surface area contributed by atoms with Crippen LogP contribution in [0.15, 0.2) is 41.4 Å². The third-order valence-corrected chi connectivity index (χ3v) is 6.70. The highest BCUT2D eigenvalue weighted by molar-refractivity contribution is 8.15. The first-order valence-corrected chi connectivity index (χ1v) is 11.2. The number of carbonyl (C=O) groups excluding carboxylic acids is 2. The summed E-state index contributed by atoms with van der Waals surface area (Å²) < 4.78 is 0. The number of nitrogens with one attached hydrogen (secondary N) is 1. The summed E-state index contributed by atoms with van der Waals surface area (Å²) in [5.74, 6) is -0.139. The summed E-state index contributed by atoms with van der Waals surface area (Å²) in [6.07, 6.45) is 2.14. The summed E-state index contributed by atoms with van der Waals surface area (Å²) in [6, 6.07) is 12.2. The molecule has 2 aliphatic rings. The second kappa shape index (κ2) is 8.26. The first-order valence-electron chi connectivity index (χ1n) is 10.3. The van der Waals surface area contributed by atoms with E-state index in [2.05, 4.69) is 5.32 Å². The minimum Gasteiger partial charge on any atom is -0.326 e. The van der Waals surface area contributed by atoms with Crippen LogP contribution in [0.5, 0.6) is 0 Å². The Morgan fingerprint density at radius 2 is 1.80 bits per heavy atom. The van der Waals surface area contributed by atoms with Crippen LogP contribution in [0.3, 0.4) is 0 Å². The van der Waals surface area contributed by atoms with Crippen molar-refractivity contribution in [2.75, 3.05) is 5.32 Å². The lowest BCUT2D eigenvalue weighted by Gasteiger charge is -2.16. The minimum absolute atomic E-state index is 0.00302. The fraction of sp³-hybridized carbons (Fsp3) is 0.375. The minimum atomic E-state index is -0.431. The van der Waals surface area contributed by atoms with Gasteiger partial charge in [0.2, 0.25) is 11.8 Å². The third kappa shape index (κ3) is 4.29. The summed E-state index contributed by atoms with van der Waals surface area (Å²) in [4.78, 5) is 32.5. The fourth-order valence-electron chi connectivity index (χ4n) is 3.76. The Labute approximate surface area is 182 Å². The molecule has 30 heavy (non-hydrogen) atoms. The molecule has 1 saturated heterocycles. The number of amides is 2. The largest absolute Gasteiger partial charge is 0.326 e. The number of para-hydroxylation sites is 1. The van der Waals surface area contributed by atoms with E-state index in [-0.39, 0.29) is 24.3 Å². The van der Waals surface area contributed by atoms with Gasteiger partial charge in [-0.1, -0.05) is 47.7 Å². The van der Waals surface area contributed by atoms with Crippen LogP contribution in [0.4, 0.5) is 11.4 Å². The standard InChI is InChI=1S/C24H27N3O2S/c1-14-8-11-19(17(4)12-14)25-21(28)13-20-23(29)27(18-9-10-18)24(30-20)26-22-15(2)6-5-7-16(22)3/h5-8,11-12,18,20H,9-10,13H2,1-4H3,(H,25,28)/t20-/m1/s1. The second-order valence-corrected chi connectivity index (χ2v) is 9.42. The SMILES string of the molecule is Cc1ccc(NC(=O)C[C@H]2SC(=Nc3c(C)cccc3C)N(C3CC3)C2=O)c(C)c1. The quantitative estimate of drug-likeness (QED) is 0.735. The molecule has 0 aromatic heterocycles. The van der Waals surface area contributed by atoms with E-state index in [0.717, 1.165) is 51.6 Å². The molecule has 0 bridgehead atoms. The molecule has 1 N–H and O–H groups in total. The highest BCUT2D eigenvalue weighted by Crippen LogP contribution is 2.40. The van der Waals surface area contributed by atoms with Gasteiger partial charge in [0.1, 0.15) is 5.25 Å². The molecule has 2 aromatic carbocycles. The summed E-state index contributed by atoms with van der Waals surface area (Å²) >= 11 is 1.42. The molecule has 1 heterocycles. The number of hydrogen-bond donors (Lipinski definition) is 1. The van der Waals surface area contributed by atoms with Gasteiger partial charge in [-0.15, -0.1) is 0 Å². The molecule has 2 fully saturated rings. The van der Waals surface area contributed by atoms with Crippen molar-refractivity contribution >= 4 is 40.1 Å². The number of benzene rings is 2. The Morgan fingerprint density at radius 1 is 1.10 bits per heavy atom. The number of thioether (sulfide) groups is 1. The van der Waals surface area contributed by atoms with Crippen molar-refractivity contribution in [1.29, 1.82) is 0 Å². The number of aryl methyl sites for hydroxylation is 4. The Kier molecular flexibility index (Phi) is 5.69. The summed E-state index contributed by atoms with van der Waals surface area (Å²) in [5.41, 5.74) is 6.05. The molecule has 4 rings (SSSR count). The Bertz CT molecular complexity index is 1020. The first kappa shape index (κ1) is 20.7. The maximum absolute atomic E-state index is 13.1. The van der Waals surface area contributed by atoms with Gasteiger partial charge >= 0.3 is 0 Å². The molecule has 5 nitrogen and oxygen atoms in total. The predicted octanol–water partition coefficient (Wildman–Crippen LogP) is 5.04. The molecule has 2 aromatic rings. The number of amidine groups is 1. The van der Waals surface area contributed by atoms with Crippen molar-refractivity contribution in [3.8, 4) is 0 Å². The van der Waals surface area contributed by atoms with E-state index in [9.17, 15) is 9.59 Å². The molecule has 1 atom stereocenters. The zero-order valence-electron chi connectivity index (χ0n) is 17.9. The normalized spacial score (nSPS) is 20.1. The third-order valence-electron chi connectivity index (χ3n) is 5.55. The number of aliphatic imine (C=N–C) groups is 1. The Hall–Kier alpha value is -2.60. The van der Waals surface area contributed by atoms with Gasteiger partial charge in [0.05, 0.1) is 5.69 Å². The van der Waals surface area contributed by atoms with Crippen LogP contribution in [0.1, 0.15) is 41.5 Å². The molecule has 1 aliphatic heterocycles. The molecule has 1 aliphatic carbocycles. The van der Waals surface area contributed by atoms with Crippen molar-refractivity contribution in [3.05, 3.63) is 58.7 Å². The van der Waals surface area contributed by atoms with Crippen LogP contribution < -0.4 is 5.32 Å². The lowest BCUT2D eigenvalue weighted by Crippen LogP contribution is -2.35. The highest BCUT2D eigenvalue weighted by atomic mass is 32.2. The molecule has 0 radical (unpaired) electrons. The van der Waals surface area contributed by atoms with Crippen molar-refractivity contribution in [2.24, 2.45) is 4.99 Å². The zero-order valence-corrected chi connectivity index (χ0v) is 18.7. The highest BCUT2D eigenvalue weighted by Gasteiger charge is 2.46. The molecular weight excluding hydrogens is 394 g/mol. The van der Waals surface area contributed by atoms with Crippen LogP contribution in [0.25, 0.3) is 0 Å². The summed E-state index contributed by atoms with van der Waals surface area (Å²) in [7, 11) is 0. The van der Waals surface area contributed by atoms with Gasteiger partial charge in [-0.25, -0.2) is 4.99 Å². The number of carbonyl (C=O) groups is 2. The van der Waals surface area contributed by atoms with Gasteiger partial charge in [-0.3, -0.25) is 14.5 Å². The molecule has 0 spiro atoms. The Morgan fingerprint density at radius 3 is 2.43 bits per heavy atom. The van der Waals surface area contributed by atoms with Crippen LogP contribution in [-0.4, -0.2) is 33.2 Å². The van der Waals surface area contributed by atoms with Gasteiger partial charge in [-0.05, 0) is 63.3 Å². The maximum Gasteiger partial charge on any atom is 0.242 e. The topological polar surface area (TPSA) is 61.8 Å². The van der Waals surface area contributed by atoms with E-state index in [1.807, 2.05) is 69.0 Å². The molecule has 0 unspecified atom stereocenters. The second-order valence-electron chi connectivity index (χ2n) is 8.25. The number of anilines is 1. The van der Waals surface area contributed by atoms with E-state index in [1.165, 1.54) is 11.8 Å². The Balaban J connectivity index is 1.53. The lowest BCUT2D eigenvalue weighted by atomic mass is 10.1. The summed E-state index contributed by atoms with van der Waals surface area (Å²) in [5, 5.41) is 3.26. The van der Waals surface area contributed by atoms with Crippen molar-refractivity contribution < 1.29 is 9.59 Å². The van der Waals surface area contributed by atoms with E-state index in [0.29, 0.717) is 0 Å². The average molecular weight is 422 g/mol. The number of nitrogens with zero attached hydrogens (tertiary/aromatic N) is 2. The van der Waals surface area contributed by atoms with Crippen molar-refractivity contribution in [1.82, 2.24) is 4.90 Å². The van der Waals surface area contributed by atoms with E-state index < -0.39 is 5.25 Å². The predicted molar refractivity (Wildman–Crippen MR) is 123 cm³/mol. The monoisotopic (exact) mass is 421 g/mol. The first-order chi connectivity index (χ1) is 14.3. The van der Waals surface area contributed by atoms with Crippen LogP contribution in [0.2, 0.25) is 0 Å². The fourth-order valence-corrected chi connectivity index (χ4v) is 4.96. The van der Waals surface area contributed by atoms with Crippen molar-refractivity contribution in [2.45, 2.75) is 58.2 Å². The lowest BCUT2D eigenvalue weighted by molar-refractivity contribution is -0.128. The van der Waals surface area contributed by atoms with E-state index in [1.54, 1.807) is 0 Å². The van der Waals surface area contributed by atoms with Crippen LogP contribution in [-0.2, 0) is 9.59 Å². The maximum atomic E-state index is 13.1. The molecular formula is C24H27N3O2S. The van der Waals surface area contributed by atoms with Crippen LogP contribution in [0, 0.1) is 27.7 Å². The van der Waals surface area contributed by atoms with E-state index in [4.69, 9.17) is 4.99 Å². The average Bonchev–Trinajstić information content (AvgIpc) is 3.46. The van der Waals surface area contributed by atoms with Crippen LogP contribution >= 0.6 is 11.8 Å².